The van der Waals surface area contributed by atoms with Gasteiger partial charge in [0.25, 0.3) is 0 Å². The first-order valence-electron chi connectivity index (χ1n) is 3.89. The van der Waals surface area contributed by atoms with Gasteiger partial charge in [0.15, 0.2) is 0 Å². The van der Waals surface area contributed by atoms with E-state index in [4.69, 9.17) is 0 Å². The molecule has 10 heavy (non-hydrogen) atoms. The van der Waals surface area contributed by atoms with Crippen LogP contribution in [0.3, 0.4) is 0 Å². The van der Waals surface area contributed by atoms with E-state index in [1.54, 1.807) is 6.92 Å². The van der Waals surface area contributed by atoms with Gasteiger partial charge < -0.3 is 0 Å². The van der Waals surface area contributed by atoms with Gasteiger partial charge in [0.05, 0.1) is 0 Å². The van der Waals surface area contributed by atoms with Gasteiger partial charge in [0.1, 0.15) is 5.44 Å². The molecule has 1 nitrogen and oxygen atoms in total. The van der Waals surface area contributed by atoms with E-state index in [0.717, 1.165) is 0 Å². The Balaban J connectivity index is 3.50. The van der Waals surface area contributed by atoms with E-state index in [1.165, 1.54) is 18.2 Å². The predicted octanol–water partition coefficient (Wildman–Crippen LogP) is 2.93. The van der Waals surface area contributed by atoms with E-state index in [2.05, 4.69) is 20.8 Å². The second kappa shape index (κ2) is 5.03. The molecule has 0 saturated carbocycles. The molecule has 3 atom stereocenters. The summed E-state index contributed by atoms with van der Waals surface area (Å²) in [4.78, 5) is 0. The van der Waals surface area contributed by atoms with Crippen molar-refractivity contribution < 1.29 is 5.11 Å². The molecule has 0 bridgehead atoms. The van der Waals surface area contributed by atoms with Crippen LogP contribution >= 0.6 is 11.8 Å². The molecule has 0 N–H and O–H groups in total. The molecule has 0 aliphatic carbocycles. The van der Waals surface area contributed by atoms with Crippen molar-refractivity contribution >= 4 is 11.8 Å². The van der Waals surface area contributed by atoms with Crippen molar-refractivity contribution in [3.63, 3.8) is 0 Å². The van der Waals surface area contributed by atoms with E-state index in [9.17, 15) is 5.11 Å². The van der Waals surface area contributed by atoms with Crippen molar-refractivity contribution in [1.82, 2.24) is 0 Å². The van der Waals surface area contributed by atoms with Gasteiger partial charge in [-0.3, -0.25) is 0 Å². The van der Waals surface area contributed by atoms with Gasteiger partial charge in [-0.25, -0.2) is 5.11 Å². The van der Waals surface area contributed by atoms with Crippen molar-refractivity contribution in [2.24, 2.45) is 5.92 Å². The molecule has 0 aromatic carbocycles. The largest absolute Gasteiger partial charge is 0.222 e. The van der Waals surface area contributed by atoms with E-state index < -0.39 is 5.44 Å². The lowest BCUT2D eigenvalue weighted by Gasteiger charge is -2.17. The van der Waals surface area contributed by atoms with Crippen LogP contribution in [0.25, 0.3) is 0 Å². The zero-order valence-corrected chi connectivity index (χ0v) is 8.07. The summed E-state index contributed by atoms with van der Waals surface area (Å²) in [5, 5.41) is 11.2. The summed E-state index contributed by atoms with van der Waals surface area (Å²) < 4.78 is 0. The molecule has 0 aliphatic rings. The lowest BCUT2D eigenvalue weighted by atomic mass is 10.1. The smallest absolute Gasteiger partial charge is 0.136 e. The van der Waals surface area contributed by atoms with Gasteiger partial charge in [-0.15, -0.1) is 11.8 Å². The highest BCUT2D eigenvalue weighted by Crippen LogP contribution is 2.24. The fraction of sp³-hybridized carbons (Fsp3) is 1.00. The summed E-state index contributed by atoms with van der Waals surface area (Å²) in [7, 11) is 0. The summed E-state index contributed by atoms with van der Waals surface area (Å²) in [6.45, 7) is 8.20. The lowest BCUT2D eigenvalue weighted by Crippen LogP contribution is -2.11. The van der Waals surface area contributed by atoms with E-state index in [-0.39, 0.29) is 0 Å². The Labute approximate surface area is 68.2 Å². The summed E-state index contributed by atoms with van der Waals surface area (Å²) in [6, 6.07) is 0. The first-order valence-corrected chi connectivity index (χ1v) is 4.83. The molecule has 0 fully saturated rings. The van der Waals surface area contributed by atoms with Crippen molar-refractivity contribution in [3.8, 4) is 0 Å². The topological polar surface area (TPSA) is 19.9 Å². The maximum Gasteiger partial charge on any atom is 0.136 e. The van der Waals surface area contributed by atoms with Crippen LogP contribution < -0.4 is 0 Å². The number of rotatable bonds is 4. The summed E-state index contributed by atoms with van der Waals surface area (Å²) >= 11 is 1.53. The SMILES string of the molecule is CCC(C)C(C)SC(C)[O]. The molecular weight excluding hydrogens is 144 g/mol. The summed E-state index contributed by atoms with van der Waals surface area (Å²) in [6.07, 6.45) is 1.17. The van der Waals surface area contributed by atoms with Gasteiger partial charge in [-0.05, 0) is 12.8 Å². The van der Waals surface area contributed by atoms with Crippen LogP contribution in [-0.2, 0) is 5.11 Å². The number of hydrogen-bond donors (Lipinski definition) is 0. The van der Waals surface area contributed by atoms with Crippen LogP contribution in [0.1, 0.15) is 34.1 Å². The van der Waals surface area contributed by atoms with Crippen molar-refractivity contribution in [2.45, 2.75) is 44.8 Å². The van der Waals surface area contributed by atoms with Crippen LogP contribution in [0.4, 0.5) is 0 Å². The van der Waals surface area contributed by atoms with E-state index >= 15 is 0 Å². The Bertz CT molecular complexity index is 83.3. The van der Waals surface area contributed by atoms with Gasteiger partial charge in [0, 0.05) is 5.25 Å². The average molecular weight is 161 g/mol. The maximum absolute atomic E-state index is 10.7. The van der Waals surface area contributed by atoms with Crippen LogP contribution in [0.5, 0.6) is 0 Å². The third kappa shape index (κ3) is 4.18. The highest BCUT2D eigenvalue weighted by atomic mass is 32.2. The molecule has 0 saturated heterocycles. The van der Waals surface area contributed by atoms with Crippen LogP contribution in [0, 0.1) is 5.92 Å². The van der Waals surface area contributed by atoms with Crippen molar-refractivity contribution in [3.05, 3.63) is 0 Å². The molecule has 0 heterocycles. The number of hydrogen-bond acceptors (Lipinski definition) is 1. The predicted molar refractivity (Wildman–Crippen MR) is 46.7 cm³/mol. The minimum atomic E-state index is -0.469. The Kier molecular flexibility index (Phi) is 5.18. The molecule has 3 unspecified atom stereocenters. The highest BCUT2D eigenvalue weighted by molar-refractivity contribution is 8.00. The minimum Gasteiger partial charge on any atom is -0.222 e. The van der Waals surface area contributed by atoms with Gasteiger partial charge in [-0.2, -0.15) is 0 Å². The zero-order valence-electron chi connectivity index (χ0n) is 7.26. The third-order valence-electron chi connectivity index (χ3n) is 1.85. The minimum absolute atomic E-state index is 0.469. The van der Waals surface area contributed by atoms with E-state index in [0.29, 0.717) is 11.2 Å². The Morgan fingerprint density at radius 1 is 1.30 bits per heavy atom. The Morgan fingerprint density at radius 3 is 2.10 bits per heavy atom. The lowest BCUT2D eigenvalue weighted by molar-refractivity contribution is 0.180. The van der Waals surface area contributed by atoms with E-state index in [1.807, 2.05) is 0 Å². The summed E-state index contributed by atoms with van der Waals surface area (Å²) in [5.41, 5.74) is -0.469. The molecule has 61 valence electrons. The van der Waals surface area contributed by atoms with Crippen LogP contribution in [0.2, 0.25) is 0 Å². The second-order valence-corrected chi connectivity index (χ2v) is 4.47. The fourth-order valence-electron chi connectivity index (χ4n) is 0.768. The average Bonchev–Trinajstić information content (AvgIpc) is 1.85. The standard InChI is InChI=1S/C8H17OS/c1-5-6(2)7(3)10-8(4)9/h6-8H,5H2,1-4H3. The monoisotopic (exact) mass is 161 g/mol. The third-order valence-corrected chi connectivity index (χ3v) is 3.13. The van der Waals surface area contributed by atoms with Gasteiger partial charge in [-0.1, -0.05) is 27.2 Å². The van der Waals surface area contributed by atoms with Crippen LogP contribution in [0.15, 0.2) is 0 Å². The quantitative estimate of drug-likeness (QED) is 0.580. The molecule has 0 aromatic rings. The van der Waals surface area contributed by atoms with Crippen molar-refractivity contribution in [1.29, 1.82) is 0 Å². The van der Waals surface area contributed by atoms with Gasteiger partial charge in [0.2, 0.25) is 0 Å². The molecule has 2 heteroatoms. The van der Waals surface area contributed by atoms with Crippen LogP contribution in [-0.4, -0.2) is 10.7 Å². The summed E-state index contributed by atoms with van der Waals surface area (Å²) in [5.74, 6) is 0.668. The molecule has 0 spiro atoms. The molecule has 0 rings (SSSR count). The Morgan fingerprint density at radius 2 is 1.80 bits per heavy atom. The first kappa shape index (κ1) is 10.3. The van der Waals surface area contributed by atoms with Gasteiger partial charge >= 0.3 is 0 Å². The molecule has 0 aromatic heterocycles. The zero-order chi connectivity index (χ0) is 8.15. The first-order chi connectivity index (χ1) is 4.57. The molecular formula is C8H17OS. The number of thioether (sulfide) groups is 1. The fourth-order valence-corrected chi connectivity index (χ4v) is 1.83. The second-order valence-electron chi connectivity index (χ2n) is 2.79. The van der Waals surface area contributed by atoms with Crippen molar-refractivity contribution in [2.75, 3.05) is 0 Å². The molecule has 1 radical (unpaired) electrons. The highest BCUT2D eigenvalue weighted by Gasteiger charge is 2.13. The maximum atomic E-state index is 10.7. The Hall–Kier alpha value is 0.310. The normalized spacial score (nSPS) is 20.1. The molecule has 0 aliphatic heterocycles. The molecule has 0 amide bonds.